The fourth-order valence-electron chi connectivity index (χ4n) is 5.91. The summed E-state index contributed by atoms with van der Waals surface area (Å²) in [7, 11) is 0. The molecule has 2 aromatic heterocycles. The predicted molar refractivity (Wildman–Crippen MR) is 168 cm³/mol. The zero-order valence-corrected chi connectivity index (χ0v) is 22.6. The Hall–Kier alpha value is -5.08. The number of fused-ring (bicyclic) bond motifs is 2. The van der Waals surface area contributed by atoms with Crippen molar-refractivity contribution in [2.24, 2.45) is 0 Å². The highest BCUT2D eigenvalue weighted by Crippen LogP contribution is 2.44. The number of aromatic nitrogens is 2. The lowest BCUT2D eigenvalue weighted by atomic mass is 9.85. The van der Waals surface area contributed by atoms with Crippen LogP contribution >= 0.6 is 0 Å². The molecule has 0 spiro atoms. The first kappa shape index (κ1) is 24.0. The summed E-state index contributed by atoms with van der Waals surface area (Å²) in [4.78, 5) is 8.79. The van der Waals surface area contributed by atoms with Gasteiger partial charge in [0.15, 0.2) is 0 Å². The summed E-state index contributed by atoms with van der Waals surface area (Å²) in [5.74, 6) is 0. The maximum Gasteiger partial charge on any atom is 0.0378 e. The molecular weight excluding hydrogens is 484 g/mol. The second kappa shape index (κ2) is 9.91. The van der Waals surface area contributed by atoms with E-state index in [1.54, 1.807) is 0 Å². The summed E-state index contributed by atoms with van der Waals surface area (Å²) in [6, 6.07) is 43.9. The monoisotopic (exact) mass is 512 g/mol. The Bertz CT molecular complexity index is 1830. The zero-order valence-electron chi connectivity index (χ0n) is 22.6. The number of benzene rings is 5. The van der Waals surface area contributed by atoms with Crippen molar-refractivity contribution >= 4 is 21.5 Å². The maximum atomic E-state index is 4.39. The van der Waals surface area contributed by atoms with Gasteiger partial charge in [-0.15, -0.1) is 0 Å². The van der Waals surface area contributed by atoms with Gasteiger partial charge in [0.2, 0.25) is 0 Å². The first-order valence-corrected chi connectivity index (χ1v) is 13.7. The minimum Gasteiger partial charge on any atom is -0.262 e. The molecule has 2 heteroatoms. The Labute approximate surface area is 234 Å². The van der Waals surface area contributed by atoms with Crippen LogP contribution in [0.2, 0.25) is 0 Å². The third-order valence-electron chi connectivity index (χ3n) is 7.69. The predicted octanol–water partition coefficient (Wildman–Crippen LogP) is 10.1. The molecule has 0 amide bonds. The van der Waals surface area contributed by atoms with Crippen molar-refractivity contribution < 1.29 is 0 Å². The number of pyridine rings is 2. The molecule has 2 nitrogen and oxygen atoms in total. The van der Waals surface area contributed by atoms with Gasteiger partial charge in [-0.25, -0.2) is 0 Å². The fraction of sp³-hybridized carbons (Fsp3) is 0.0526. The van der Waals surface area contributed by atoms with E-state index in [0.29, 0.717) is 0 Å². The molecule has 7 rings (SSSR count). The van der Waals surface area contributed by atoms with Crippen LogP contribution in [0.5, 0.6) is 0 Å². The molecule has 0 saturated heterocycles. The van der Waals surface area contributed by atoms with Crippen LogP contribution in [0, 0.1) is 13.8 Å². The first-order valence-electron chi connectivity index (χ1n) is 13.7. The van der Waals surface area contributed by atoms with Gasteiger partial charge < -0.3 is 0 Å². The van der Waals surface area contributed by atoms with Gasteiger partial charge in [-0.3, -0.25) is 9.97 Å². The molecule has 0 saturated carbocycles. The molecule has 7 aromatic rings. The summed E-state index contributed by atoms with van der Waals surface area (Å²) in [6.45, 7) is 4.08. The summed E-state index contributed by atoms with van der Waals surface area (Å²) < 4.78 is 0. The molecule has 0 radical (unpaired) electrons. The fourth-order valence-corrected chi connectivity index (χ4v) is 5.91. The topological polar surface area (TPSA) is 25.8 Å². The molecule has 190 valence electrons. The highest BCUT2D eigenvalue weighted by Gasteiger charge is 2.17. The second-order valence-electron chi connectivity index (χ2n) is 10.4. The van der Waals surface area contributed by atoms with Crippen LogP contribution in [-0.4, -0.2) is 9.97 Å². The van der Waals surface area contributed by atoms with E-state index < -0.39 is 0 Å². The summed E-state index contributed by atoms with van der Waals surface area (Å²) >= 11 is 0. The van der Waals surface area contributed by atoms with Crippen LogP contribution in [0.4, 0.5) is 0 Å². The van der Waals surface area contributed by atoms with Crippen LogP contribution in [-0.2, 0) is 0 Å². The van der Waals surface area contributed by atoms with Crippen molar-refractivity contribution in [3.63, 3.8) is 0 Å². The van der Waals surface area contributed by atoms with E-state index in [1.165, 1.54) is 66.1 Å². The first-order chi connectivity index (χ1) is 19.7. The van der Waals surface area contributed by atoms with E-state index in [1.807, 2.05) is 26.2 Å². The van der Waals surface area contributed by atoms with E-state index in [4.69, 9.17) is 0 Å². The molecule has 5 aromatic carbocycles. The summed E-state index contributed by atoms with van der Waals surface area (Å²) in [6.07, 6.45) is 3.77. The van der Waals surface area contributed by atoms with Crippen LogP contribution < -0.4 is 0 Å². The number of hydrogen-bond donors (Lipinski definition) is 0. The quantitative estimate of drug-likeness (QED) is 0.219. The highest BCUT2D eigenvalue weighted by atomic mass is 14.7. The third-order valence-corrected chi connectivity index (χ3v) is 7.69. The Morgan fingerprint density at radius 2 is 0.700 bits per heavy atom. The van der Waals surface area contributed by atoms with Gasteiger partial charge in [0.05, 0.1) is 0 Å². The van der Waals surface area contributed by atoms with Crippen molar-refractivity contribution in [2.75, 3.05) is 0 Å². The largest absolute Gasteiger partial charge is 0.262 e. The molecule has 0 fully saturated rings. The number of aryl methyl sites for hydroxylation is 2. The minimum atomic E-state index is 1.02. The lowest BCUT2D eigenvalue weighted by Gasteiger charge is -2.18. The molecule has 0 atom stereocenters. The Balaban J connectivity index is 1.49. The van der Waals surface area contributed by atoms with Gasteiger partial charge in [0, 0.05) is 23.8 Å². The lowest BCUT2D eigenvalue weighted by molar-refractivity contribution is 1.20. The summed E-state index contributed by atoms with van der Waals surface area (Å²) in [5.41, 5.74) is 11.8. The molecule has 0 N–H and O–H groups in total. The minimum absolute atomic E-state index is 1.02. The molecule has 0 aliphatic heterocycles. The van der Waals surface area contributed by atoms with Crippen molar-refractivity contribution in [3.05, 3.63) is 145 Å². The second-order valence-corrected chi connectivity index (χ2v) is 10.4. The van der Waals surface area contributed by atoms with Crippen LogP contribution in [0.3, 0.4) is 0 Å². The number of rotatable bonds is 4. The van der Waals surface area contributed by atoms with Crippen LogP contribution in [0.1, 0.15) is 11.4 Å². The summed E-state index contributed by atoms with van der Waals surface area (Å²) in [5, 5.41) is 5.02. The van der Waals surface area contributed by atoms with Crippen molar-refractivity contribution in [1.29, 1.82) is 0 Å². The number of nitrogens with zero attached hydrogens (tertiary/aromatic N) is 2. The van der Waals surface area contributed by atoms with Gasteiger partial charge in [-0.1, -0.05) is 84.9 Å². The lowest BCUT2D eigenvalue weighted by Crippen LogP contribution is -1.92. The standard InChI is InChI=1S/C38H28N2/c1-25-21-29(17-19-39-25)27-9-7-11-31(23-27)37-33-13-3-5-15-35(33)38(36-16-6-4-14-34(36)37)32-12-8-10-28(24-32)30-18-20-40-26(2)22-30/h3-24H,1-2H3. The Morgan fingerprint density at radius 3 is 1.07 bits per heavy atom. The molecule has 0 aliphatic rings. The maximum absolute atomic E-state index is 4.39. The van der Waals surface area contributed by atoms with E-state index in [-0.39, 0.29) is 0 Å². The van der Waals surface area contributed by atoms with Crippen LogP contribution in [0.25, 0.3) is 66.1 Å². The highest BCUT2D eigenvalue weighted by molar-refractivity contribution is 6.21. The molecule has 0 bridgehead atoms. The Morgan fingerprint density at radius 1 is 0.350 bits per heavy atom. The van der Waals surface area contributed by atoms with Gasteiger partial charge in [-0.2, -0.15) is 0 Å². The van der Waals surface area contributed by atoms with Gasteiger partial charge in [-0.05, 0) is 116 Å². The van der Waals surface area contributed by atoms with Crippen molar-refractivity contribution in [2.45, 2.75) is 13.8 Å². The van der Waals surface area contributed by atoms with Gasteiger partial charge in [0.1, 0.15) is 0 Å². The van der Waals surface area contributed by atoms with Gasteiger partial charge in [0.25, 0.3) is 0 Å². The average molecular weight is 513 g/mol. The molecule has 40 heavy (non-hydrogen) atoms. The van der Waals surface area contributed by atoms with Gasteiger partial charge >= 0.3 is 0 Å². The van der Waals surface area contributed by atoms with E-state index in [9.17, 15) is 0 Å². The van der Waals surface area contributed by atoms with E-state index in [0.717, 1.165) is 11.4 Å². The van der Waals surface area contributed by atoms with Crippen molar-refractivity contribution in [3.8, 4) is 44.5 Å². The SMILES string of the molecule is Cc1cc(-c2cccc(-c3c4ccccc4c(-c4cccc(-c5ccnc(C)c5)c4)c4ccccc34)c2)ccn1. The van der Waals surface area contributed by atoms with Crippen molar-refractivity contribution in [1.82, 2.24) is 9.97 Å². The molecular formula is C38H28N2. The smallest absolute Gasteiger partial charge is 0.0378 e. The van der Waals surface area contributed by atoms with E-state index >= 15 is 0 Å². The average Bonchev–Trinajstić information content (AvgIpc) is 3.00. The molecule has 0 unspecified atom stereocenters. The third kappa shape index (κ3) is 4.24. The molecule has 0 aliphatic carbocycles. The van der Waals surface area contributed by atoms with Crippen LogP contribution in [0.15, 0.2) is 134 Å². The molecule has 2 heterocycles. The Kier molecular flexibility index (Phi) is 5.94. The zero-order chi connectivity index (χ0) is 27.1. The number of hydrogen-bond acceptors (Lipinski definition) is 2. The normalized spacial score (nSPS) is 11.2. The van der Waals surface area contributed by atoms with E-state index in [2.05, 4.69) is 131 Å².